The second-order valence-corrected chi connectivity index (χ2v) is 5.24. The Morgan fingerprint density at radius 2 is 2.19 bits per heavy atom. The van der Waals surface area contributed by atoms with Crippen LogP contribution in [0.15, 0.2) is 12.3 Å². The highest BCUT2D eigenvalue weighted by atomic mass is 35.5. The van der Waals surface area contributed by atoms with E-state index >= 15 is 0 Å². The highest BCUT2D eigenvalue weighted by Crippen LogP contribution is 2.21. The highest BCUT2D eigenvalue weighted by molar-refractivity contribution is 6.31. The van der Waals surface area contributed by atoms with Crippen LogP contribution in [0.25, 0.3) is 0 Å². The molecule has 116 valence electrons. The summed E-state index contributed by atoms with van der Waals surface area (Å²) in [4.78, 5) is 0. The summed E-state index contributed by atoms with van der Waals surface area (Å²) in [6.07, 6.45) is 2.79. The number of aryl methyl sites for hydroxylation is 2. The molecule has 2 rings (SSSR count). The summed E-state index contributed by atoms with van der Waals surface area (Å²) in [7, 11) is 3.61. The van der Waals surface area contributed by atoms with Crippen molar-refractivity contribution in [2.24, 2.45) is 7.05 Å². The van der Waals surface area contributed by atoms with E-state index in [1.807, 2.05) is 28.7 Å². The topological polar surface area (TPSA) is 56.9 Å². The minimum Gasteiger partial charge on any atom is -0.383 e. The van der Waals surface area contributed by atoms with Crippen LogP contribution in [0.5, 0.6) is 0 Å². The monoisotopic (exact) mass is 311 g/mol. The zero-order valence-electron chi connectivity index (χ0n) is 12.8. The van der Waals surface area contributed by atoms with Gasteiger partial charge in [0.2, 0.25) is 0 Å². The number of nitrogens with one attached hydrogen (secondary N) is 1. The first-order valence-electron chi connectivity index (χ1n) is 7.08. The van der Waals surface area contributed by atoms with Gasteiger partial charge in [0.15, 0.2) is 0 Å². The Hall–Kier alpha value is -1.37. The smallest absolute Gasteiger partial charge is 0.0869 e. The fraction of sp³-hybridized carbons (Fsp3) is 0.571. The third-order valence-electron chi connectivity index (χ3n) is 3.30. The SMILES string of the molecule is CCc1nn(C)c(Cn2ccc(CNCCOC)n2)c1Cl. The molecule has 2 aromatic heterocycles. The lowest BCUT2D eigenvalue weighted by Gasteiger charge is -2.04. The molecule has 0 atom stereocenters. The molecule has 2 heterocycles. The van der Waals surface area contributed by atoms with E-state index in [0.29, 0.717) is 13.2 Å². The molecule has 6 nitrogen and oxygen atoms in total. The second kappa shape index (κ2) is 7.59. The van der Waals surface area contributed by atoms with Crippen LogP contribution < -0.4 is 5.32 Å². The number of halogens is 1. The number of ether oxygens (including phenoxy) is 1. The van der Waals surface area contributed by atoms with E-state index in [1.54, 1.807) is 7.11 Å². The number of methoxy groups -OCH3 is 1. The number of hydrogen-bond acceptors (Lipinski definition) is 4. The average Bonchev–Trinajstić information content (AvgIpc) is 3.03. The van der Waals surface area contributed by atoms with Gasteiger partial charge in [0.1, 0.15) is 0 Å². The molecule has 0 fully saturated rings. The Morgan fingerprint density at radius 1 is 1.38 bits per heavy atom. The number of aromatic nitrogens is 4. The molecule has 7 heteroatoms. The minimum absolute atomic E-state index is 0.625. The van der Waals surface area contributed by atoms with Gasteiger partial charge >= 0.3 is 0 Å². The summed E-state index contributed by atoms with van der Waals surface area (Å²) in [6, 6.07) is 2.00. The molecule has 0 spiro atoms. The second-order valence-electron chi connectivity index (χ2n) is 4.86. The lowest BCUT2D eigenvalue weighted by Crippen LogP contribution is -2.19. The molecule has 2 aromatic rings. The zero-order valence-corrected chi connectivity index (χ0v) is 13.5. The molecule has 0 saturated heterocycles. The molecule has 0 saturated carbocycles. The van der Waals surface area contributed by atoms with E-state index in [4.69, 9.17) is 16.3 Å². The first-order chi connectivity index (χ1) is 10.2. The Balaban J connectivity index is 1.98. The van der Waals surface area contributed by atoms with Crippen molar-refractivity contribution in [1.82, 2.24) is 24.9 Å². The van der Waals surface area contributed by atoms with Crippen LogP contribution in [-0.4, -0.2) is 39.8 Å². The maximum absolute atomic E-state index is 6.35. The van der Waals surface area contributed by atoms with Gasteiger partial charge in [-0.05, 0) is 12.5 Å². The van der Waals surface area contributed by atoms with Crippen molar-refractivity contribution in [2.75, 3.05) is 20.3 Å². The van der Waals surface area contributed by atoms with Crippen molar-refractivity contribution >= 4 is 11.6 Å². The van der Waals surface area contributed by atoms with Gasteiger partial charge in [0.05, 0.1) is 35.3 Å². The first kappa shape index (κ1) is 16.0. The van der Waals surface area contributed by atoms with Gasteiger partial charge in [0.25, 0.3) is 0 Å². The molecule has 0 radical (unpaired) electrons. The van der Waals surface area contributed by atoms with Crippen molar-refractivity contribution in [3.63, 3.8) is 0 Å². The van der Waals surface area contributed by atoms with E-state index in [0.717, 1.165) is 41.6 Å². The standard InChI is InChI=1S/C14H22ClN5O/c1-4-12-14(15)13(19(2)18-12)10-20-7-5-11(17-20)9-16-6-8-21-3/h5,7,16H,4,6,8-10H2,1-3H3. The number of nitrogens with zero attached hydrogens (tertiary/aromatic N) is 4. The van der Waals surface area contributed by atoms with Gasteiger partial charge in [-0.2, -0.15) is 10.2 Å². The Kier molecular flexibility index (Phi) is 5.78. The molecule has 0 unspecified atom stereocenters. The third-order valence-corrected chi connectivity index (χ3v) is 3.74. The largest absolute Gasteiger partial charge is 0.383 e. The molecule has 0 amide bonds. The molecule has 0 aliphatic carbocycles. The fourth-order valence-corrected chi connectivity index (χ4v) is 2.48. The third kappa shape index (κ3) is 4.06. The lowest BCUT2D eigenvalue weighted by molar-refractivity contribution is 0.199. The van der Waals surface area contributed by atoms with E-state index in [-0.39, 0.29) is 0 Å². The minimum atomic E-state index is 0.625. The van der Waals surface area contributed by atoms with Crippen molar-refractivity contribution < 1.29 is 4.74 Å². The summed E-state index contributed by atoms with van der Waals surface area (Å²) in [5.41, 5.74) is 2.92. The van der Waals surface area contributed by atoms with Crippen LogP contribution in [0.2, 0.25) is 5.02 Å². The van der Waals surface area contributed by atoms with E-state index in [9.17, 15) is 0 Å². The maximum atomic E-state index is 6.35. The molecule has 21 heavy (non-hydrogen) atoms. The first-order valence-corrected chi connectivity index (χ1v) is 7.45. The predicted octanol–water partition coefficient (Wildman–Crippen LogP) is 1.62. The van der Waals surface area contributed by atoms with Gasteiger partial charge in [-0.1, -0.05) is 18.5 Å². The number of rotatable bonds is 8. The van der Waals surface area contributed by atoms with E-state index in [2.05, 4.69) is 22.4 Å². The Bertz CT molecular complexity index is 578. The van der Waals surface area contributed by atoms with Crippen molar-refractivity contribution in [2.45, 2.75) is 26.4 Å². The zero-order chi connectivity index (χ0) is 15.2. The normalized spacial score (nSPS) is 11.2. The van der Waals surface area contributed by atoms with Crippen LogP contribution >= 0.6 is 11.6 Å². The van der Waals surface area contributed by atoms with Crippen LogP contribution in [0, 0.1) is 0 Å². The van der Waals surface area contributed by atoms with Gasteiger partial charge in [-0.3, -0.25) is 9.36 Å². The van der Waals surface area contributed by atoms with Crippen molar-refractivity contribution in [1.29, 1.82) is 0 Å². The van der Waals surface area contributed by atoms with Crippen LogP contribution in [0.3, 0.4) is 0 Å². The molecule has 0 aromatic carbocycles. The lowest BCUT2D eigenvalue weighted by atomic mass is 10.3. The summed E-state index contributed by atoms with van der Waals surface area (Å²) in [6.45, 7) is 4.92. The summed E-state index contributed by atoms with van der Waals surface area (Å²) in [5.74, 6) is 0. The summed E-state index contributed by atoms with van der Waals surface area (Å²) < 4.78 is 8.71. The predicted molar refractivity (Wildman–Crippen MR) is 82.5 cm³/mol. The quantitative estimate of drug-likeness (QED) is 0.753. The van der Waals surface area contributed by atoms with E-state index < -0.39 is 0 Å². The number of hydrogen-bond donors (Lipinski definition) is 1. The van der Waals surface area contributed by atoms with Crippen LogP contribution in [0.1, 0.15) is 24.0 Å². The Labute approximate surface area is 130 Å². The molecule has 0 aliphatic rings. The van der Waals surface area contributed by atoms with Crippen molar-refractivity contribution in [3.05, 3.63) is 34.4 Å². The molecule has 1 N–H and O–H groups in total. The highest BCUT2D eigenvalue weighted by Gasteiger charge is 2.13. The average molecular weight is 312 g/mol. The van der Waals surface area contributed by atoms with E-state index in [1.165, 1.54) is 0 Å². The van der Waals surface area contributed by atoms with Gasteiger partial charge in [0, 0.05) is 33.4 Å². The van der Waals surface area contributed by atoms with Crippen molar-refractivity contribution in [3.8, 4) is 0 Å². The molecular weight excluding hydrogens is 290 g/mol. The Morgan fingerprint density at radius 3 is 2.86 bits per heavy atom. The molecule has 0 aliphatic heterocycles. The maximum Gasteiger partial charge on any atom is 0.0869 e. The van der Waals surface area contributed by atoms with Gasteiger partial charge < -0.3 is 10.1 Å². The molecular formula is C14H22ClN5O. The van der Waals surface area contributed by atoms with Gasteiger partial charge in [-0.15, -0.1) is 0 Å². The summed E-state index contributed by atoms with van der Waals surface area (Å²) in [5, 5.41) is 13.0. The summed E-state index contributed by atoms with van der Waals surface area (Å²) >= 11 is 6.35. The fourth-order valence-electron chi connectivity index (χ4n) is 2.12. The molecule has 0 bridgehead atoms. The van der Waals surface area contributed by atoms with Crippen LogP contribution in [0.4, 0.5) is 0 Å². The van der Waals surface area contributed by atoms with Gasteiger partial charge in [-0.25, -0.2) is 0 Å². The van der Waals surface area contributed by atoms with Crippen LogP contribution in [-0.2, 0) is 31.3 Å².